The summed E-state index contributed by atoms with van der Waals surface area (Å²) < 4.78 is 0. The highest BCUT2D eigenvalue weighted by Crippen LogP contribution is 2.32. The predicted molar refractivity (Wildman–Crippen MR) is 56.7 cm³/mol. The van der Waals surface area contributed by atoms with Gasteiger partial charge in [0.1, 0.15) is 0 Å². The van der Waals surface area contributed by atoms with Crippen molar-refractivity contribution in [3.63, 3.8) is 0 Å². The van der Waals surface area contributed by atoms with Crippen molar-refractivity contribution in [2.24, 2.45) is 17.8 Å². The summed E-state index contributed by atoms with van der Waals surface area (Å²) in [5.74, 6) is 2.99. The molecule has 0 aromatic heterocycles. The average molecular weight is 181 g/mol. The van der Waals surface area contributed by atoms with Crippen molar-refractivity contribution in [2.75, 3.05) is 19.6 Å². The predicted octanol–water partition coefficient (Wildman–Crippen LogP) is 2.76. The van der Waals surface area contributed by atoms with Crippen LogP contribution in [0.2, 0.25) is 0 Å². The molecule has 0 aromatic rings. The van der Waals surface area contributed by atoms with Gasteiger partial charge in [-0.3, -0.25) is 0 Å². The molecule has 2 rings (SSSR count). The maximum absolute atomic E-state index is 2.69. The molecule has 0 spiro atoms. The summed E-state index contributed by atoms with van der Waals surface area (Å²) in [6, 6.07) is 0. The molecule has 0 N–H and O–H groups in total. The van der Waals surface area contributed by atoms with Crippen LogP contribution in [0.5, 0.6) is 0 Å². The minimum Gasteiger partial charge on any atom is -0.303 e. The highest BCUT2D eigenvalue weighted by Gasteiger charge is 2.27. The van der Waals surface area contributed by atoms with Crippen molar-refractivity contribution in [1.82, 2.24) is 4.90 Å². The van der Waals surface area contributed by atoms with Crippen LogP contribution in [0.15, 0.2) is 0 Å². The number of hydrogen-bond donors (Lipinski definition) is 0. The molecule has 1 saturated carbocycles. The quantitative estimate of drug-likeness (QED) is 0.647. The number of nitrogens with zero attached hydrogens (tertiary/aromatic N) is 1. The third kappa shape index (κ3) is 2.70. The fraction of sp³-hybridized carbons (Fsp3) is 1.00. The first-order valence-corrected chi connectivity index (χ1v) is 5.98. The lowest BCUT2D eigenvalue weighted by Gasteiger charge is -2.33. The van der Waals surface area contributed by atoms with E-state index >= 15 is 0 Å². The van der Waals surface area contributed by atoms with E-state index in [4.69, 9.17) is 0 Å². The summed E-state index contributed by atoms with van der Waals surface area (Å²) in [5.41, 5.74) is 0. The Morgan fingerprint density at radius 2 is 1.69 bits per heavy atom. The minimum atomic E-state index is 0.906. The molecule has 2 aliphatic rings. The molecular formula is C12H23N. The van der Waals surface area contributed by atoms with Crippen LogP contribution in [-0.4, -0.2) is 24.5 Å². The van der Waals surface area contributed by atoms with Crippen molar-refractivity contribution in [1.29, 1.82) is 0 Å². The molecule has 0 amide bonds. The van der Waals surface area contributed by atoms with Crippen molar-refractivity contribution in [3.05, 3.63) is 0 Å². The van der Waals surface area contributed by atoms with Crippen LogP contribution in [0, 0.1) is 17.8 Å². The molecule has 13 heavy (non-hydrogen) atoms. The molecule has 1 nitrogen and oxygen atoms in total. The molecule has 1 aliphatic carbocycles. The van der Waals surface area contributed by atoms with Crippen LogP contribution in [0.3, 0.4) is 0 Å². The van der Waals surface area contributed by atoms with Crippen LogP contribution in [0.25, 0.3) is 0 Å². The van der Waals surface area contributed by atoms with Gasteiger partial charge in [0.05, 0.1) is 0 Å². The molecule has 1 heterocycles. The van der Waals surface area contributed by atoms with E-state index in [9.17, 15) is 0 Å². The molecule has 1 saturated heterocycles. The molecule has 0 unspecified atom stereocenters. The fourth-order valence-corrected chi connectivity index (χ4v) is 2.47. The van der Waals surface area contributed by atoms with Gasteiger partial charge in [-0.15, -0.1) is 0 Å². The lowest BCUT2D eigenvalue weighted by atomic mass is 9.87. The second-order valence-electron chi connectivity index (χ2n) is 5.33. The van der Waals surface area contributed by atoms with Gasteiger partial charge < -0.3 is 4.90 Å². The van der Waals surface area contributed by atoms with E-state index in [1.807, 2.05) is 0 Å². The summed E-state index contributed by atoms with van der Waals surface area (Å²) in [7, 11) is 0. The first-order valence-electron chi connectivity index (χ1n) is 5.98. The third-order valence-electron chi connectivity index (χ3n) is 3.79. The second-order valence-corrected chi connectivity index (χ2v) is 5.33. The van der Waals surface area contributed by atoms with Gasteiger partial charge in [0, 0.05) is 6.54 Å². The average Bonchev–Trinajstić information content (AvgIpc) is 2.89. The van der Waals surface area contributed by atoms with E-state index in [2.05, 4.69) is 18.7 Å². The van der Waals surface area contributed by atoms with Gasteiger partial charge >= 0.3 is 0 Å². The molecule has 0 bridgehead atoms. The Morgan fingerprint density at radius 3 is 2.15 bits per heavy atom. The Kier molecular flexibility index (Phi) is 2.92. The Labute approximate surface area is 82.5 Å². The maximum atomic E-state index is 2.69. The van der Waals surface area contributed by atoms with Gasteiger partial charge in [0.25, 0.3) is 0 Å². The lowest BCUT2D eigenvalue weighted by Crippen LogP contribution is -2.36. The second kappa shape index (κ2) is 4.00. The maximum Gasteiger partial charge on any atom is 0.000966 e. The van der Waals surface area contributed by atoms with E-state index in [-0.39, 0.29) is 0 Å². The zero-order chi connectivity index (χ0) is 9.26. The summed E-state index contributed by atoms with van der Waals surface area (Å²) in [4.78, 5) is 2.69. The van der Waals surface area contributed by atoms with Gasteiger partial charge in [-0.2, -0.15) is 0 Å². The van der Waals surface area contributed by atoms with Crippen LogP contribution >= 0.6 is 0 Å². The Hall–Kier alpha value is -0.0400. The van der Waals surface area contributed by atoms with Crippen LogP contribution in [0.1, 0.15) is 39.5 Å². The van der Waals surface area contributed by atoms with Crippen LogP contribution < -0.4 is 0 Å². The molecule has 1 heteroatoms. The molecule has 0 aromatic carbocycles. The fourth-order valence-electron chi connectivity index (χ4n) is 2.47. The van der Waals surface area contributed by atoms with Gasteiger partial charge in [0.15, 0.2) is 0 Å². The molecule has 0 atom stereocenters. The number of piperidine rings is 1. The summed E-state index contributed by atoms with van der Waals surface area (Å²) in [6.07, 6.45) is 5.91. The van der Waals surface area contributed by atoms with Gasteiger partial charge in [-0.1, -0.05) is 13.8 Å². The lowest BCUT2D eigenvalue weighted by molar-refractivity contribution is 0.153. The van der Waals surface area contributed by atoms with Crippen molar-refractivity contribution in [3.8, 4) is 0 Å². The number of rotatable bonds is 3. The van der Waals surface area contributed by atoms with Crippen LogP contribution in [-0.2, 0) is 0 Å². The monoisotopic (exact) mass is 181 g/mol. The van der Waals surface area contributed by atoms with Crippen LogP contribution in [0.4, 0.5) is 0 Å². The van der Waals surface area contributed by atoms with Gasteiger partial charge in [-0.05, 0) is 56.5 Å². The van der Waals surface area contributed by atoms with E-state index in [1.165, 1.54) is 45.3 Å². The minimum absolute atomic E-state index is 0.906. The molecule has 1 aliphatic heterocycles. The van der Waals surface area contributed by atoms with Gasteiger partial charge in [0.2, 0.25) is 0 Å². The Balaban J connectivity index is 1.69. The summed E-state index contributed by atoms with van der Waals surface area (Å²) in [5, 5.41) is 0. The standard InChI is InChI=1S/C12H23N/c1-10(2)12-5-7-13(8-6-12)9-11-3-4-11/h10-12H,3-9H2,1-2H3. The molecular weight excluding hydrogens is 158 g/mol. The molecule has 2 fully saturated rings. The highest BCUT2D eigenvalue weighted by atomic mass is 15.1. The normalized spacial score (nSPS) is 27.0. The highest BCUT2D eigenvalue weighted by molar-refractivity contribution is 4.81. The van der Waals surface area contributed by atoms with E-state index in [1.54, 1.807) is 0 Å². The number of hydrogen-bond acceptors (Lipinski definition) is 1. The first kappa shape index (κ1) is 9.51. The molecule has 0 radical (unpaired) electrons. The van der Waals surface area contributed by atoms with Crippen molar-refractivity contribution >= 4 is 0 Å². The van der Waals surface area contributed by atoms with Crippen molar-refractivity contribution in [2.45, 2.75) is 39.5 Å². The summed E-state index contributed by atoms with van der Waals surface area (Å²) in [6.45, 7) is 8.91. The van der Waals surface area contributed by atoms with E-state index < -0.39 is 0 Å². The SMILES string of the molecule is CC(C)C1CCN(CC2CC2)CC1. The van der Waals surface area contributed by atoms with Gasteiger partial charge in [-0.25, -0.2) is 0 Å². The molecule has 76 valence electrons. The Bertz CT molecular complexity index is 153. The number of likely N-dealkylation sites (tertiary alicyclic amines) is 1. The summed E-state index contributed by atoms with van der Waals surface area (Å²) >= 11 is 0. The third-order valence-corrected chi connectivity index (χ3v) is 3.79. The van der Waals surface area contributed by atoms with E-state index in [0.717, 1.165) is 17.8 Å². The topological polar surface area (TPSA) is 3.24 Å². The van der Waals surface area contributed by atoms with E-state index in [0.29, 0.717) is 0 Å². The first-order chi connectivity index (χ1) is 6.25. The smallest absolute Gasteiger partial charge is 0.000966 e. The Morgan fingerprint density at radius 1 is 1.08 bits per heavy atom. The largest absolute Gasteiger partial charge is 0.303 e. The van der Waals surface area contributed by atoms with Crippen molar-refractivity contribution < 1.29 is 0 Å². The zero-order valence-corrected chi connectivity index (χ0v) is 9.13. The zero-order valence-electron chi connectivity index (χ0n) is 9.13.